The summed E-state index contributed by atoms with van der Waals surface area (Å²) in [5, 5.41) is 6.89. The van der Waals surface area contributed by atoms with Gasteiger partial charge in [0.25, 0.3) is 0 Å². The summed E-state index contributed by atoms with van der Waals surface area (Å²) < 4.78 is 5.65. The van der Waals surface area contributed by atoms with Crippen molar-refractivity contribution >= 4 is 5.96 Å². The SMILES string of the molecule is CN=C(NCCOc1cccnc1)NC1CCN(C2CCCC2)CC1. The van der Waals surface area contributed by atoms with Gasteiger partial charge < -0.3 is 20.3 Å². The first-order chi connectivity index (χ1) is 12.3. The quantitative estimate of drug-likeness (QED) is 0.469. The number of ether oxygens (including phenoxy) is 1. The number of pyridine rings is 1. The fraction of sp³-hybridized carbons (Fsp3) is 0.684. The van der Waals surface area contributed by atoms with E-state index in [9.17, 15) is 0 Å². The molecule has 1 aromatic rings. The molecule has 25 heavy (non-hydrogen) atoms. The van der Waals surface area contributed by atoms with Crippen molar-refractivity contribution in [1.82, 2.24) is 20.5 Å². The summed E-state index contributed by atoms with van der Waals surface area (Å²) in [6, 6.07) is 5.16. The van der Waals surface area contributed by atoms with Crippen molar-refractivity contribution in [2.24, 2.45) is 4.99 Å². The van der Waals surface area contributed by atoms with Gasteiger partial charge in [0.05, 0.1) is 12.7 Å². The van der Waals surface area contributed by atoms with Gasteiger partial charge in [-0.3, -0.25) is 9.98 Å². The number of aliphatic imine (C=N–C) groups is 1. The minimum atomic E-state index is 0.517. The molecular formula is C19H31N5O. The fourth-order valence-corrected chi connectivity index (χ4v) is 3.84. The monoisotopic (exact) mass is 345 g/mol. The number of likely N-dealkylation sites (tertiary alicyclic amines) is 1. The van der Waals surface area contributed by atoms with Crippen LogP contribution >= 0.6 is 0 Å². The van der Waals surface area contributed by atoms with Crippen LogP contribution in [0.4, 0.5) is 0 Å². The average Bonchev–Trinajstić information content (AvgIpc) is 3.20. The molecule has 0 spiro atoms. The molecule has 1 saturated heterocycles. The smallest absolute Gasteiger partial charge is 0.191 e. The second-order valence-electron chi connectivity index (χ2n) is 6.93. The molecule has 0 aromatic carbocycles. The summed E-state index contributed by atoms with van der Waals surface area (Å²) in [5.41, 5.74) is 0. The highest BCUT2D eigenvalue weighted by atomic mass is 16.5. The summed E-state index contributed by atoms with van der Waals surface area (Å²) >= 11 is 0. The Balaban J connectivity index is 1.32. The lowest BCUT2D eigenvalue weighted by Crippen LogP contribution is -2.50. The molecule has 0 radical (unpaired) electrons. The van der Waals surface area contributed by atoms with Crippen molar-refractivity contribution in [1.29, 1.82) is 0 Å². The molecule has 1 aromatic heterocycles. The molecule has 2 aliphatic rings. The summed E-state index contributed by atoms with van der Waals surface area (Å²) in [5.74, 6) is 1.67. The average molecular weight is 345 g/mol. The molecule has 3 rings (SSSR count). The maximum atomic E-state index is 5.65. The Morgan fingerprint density at radius 2 is 2.08 bits per heavy atom. The highest BCUT2D eigenvalue weighted by Crippen LogP contribution is 2.26. The normalized spacial score (nSPS) is 20.6. The number of hydrogen-bond acceptors (Lipinski definition) is 4. The van der Waals surface area contributed by atoms with Crippen molar-refractivity contribution in [2.45, 2.75) is 50.6 Å². The highest BCUT2D eigenvalue weighted by Gasteiger charge is 2.27. The zero-order valence-corrected chi connectivity index (χ0v) is 15.3. The van der Waals surface area contributed by atoms with Crippen LogP contribution in [0.1, 0.15) is 38.5 Å². The first kappa shape index (κ1) is 18.0. The van der Waals surface area contributed by atoms with Crippen LogP contribution in [0.15, 0.2) is 29.5 Å². The van der Waals surface area contributed by atoms with Gasteiger partial charge in [-0.05, 0) is 37.8 Å². The molecular weight excluding hydrogens is 314 g/mol. The molecule has 0 unspecified atom stereocenters. The van der Waals surface area contributed by atoms with Crippen molar-refractivity contribution in [2.75, 3.05) is 33.3 Å². The van der Waals surface area contributed by atoms with Gasteiger partial charge in [-0.1, -0.05) is 12.8 Å². The van der Waals surface area contributed by atoms with Gasteiger partial charge in [0.1, 0.15) is 12.4 Å². The van der Waals surface area contributed by atoms with E-state index < -0.39 is 0 Å². The van der Waals surface area contributed by atoms with Gasteiger partial charge in [-0.25, -0.2) is 0 Å². The molecule has 1 aliphatic heterocycles. The Morgan fingerprint density at radius 1 is 1.28 bits per heavy atom. The van der Waals surface area contributed by atoms with Gasteiger partial charge in [0.15, 0.2) is 5.96 Å². The summed E-state index contributed by atoms with van der Waals surface area (Å²) in [6.07, 6.45) is 11.5. The Morgan fingerprint density at radius 3 is 2.76 bits per heavy atom. The minimum absolute atomic E-state index is 0.517. The Labute approximate surface area is 151 Å². The van der Waals surface area contributed by atoms with Gasteiger partial charge in [-0.2, -0.15) is 0 Å². The van der Waals surface area contributed by atoms with Crippen molar-refractivity contribution in [3.8, 4) is 5.75 Å². The predicted molar refractivity (Wildman–Crippen MR) is 101 cm³/mol. The standard InChI is InChI=1S/C19H31N5O/c1-20-19(22-11-14-25-18-7-4-10-21-15-18)23-16-8-12-24(13-9-16)17-5-2-3-6-17/h4,7,10,15-17H,2-3,5-6,8-9,11-14H2,1H3,(H2,20,22,23). The minimum Gasteiger partial charge on any atom is -0.490 e. The summed E-state index contributed by atoms with van der Waals surface area (Å²) in [4.78, 5) is 11.1. The number of nitrogens with zero attached hydrogens (tertiary/aromatic N) is 3. The second kappa shape index (κ2) is 9.61. The van der Waals surface area contributed by atoms with E-state index >= 15 is 0 Å². The number of rotatable bonds is 6. The van der Waals surface area contributed by atoms with Crippen LogP contribution in [0.2, 0.25) is 0 Å². The lowest BCUT2D eigenvalue weighted by Gasteiger charge is -2.36. The maximum absolute atomic E-state index is 5.65. The number of guanidine groups is 1. The number of hydrogen-bond donors (Lipinski definition) is 2. The van der Waals surface area contributed by atoms with E-state index in [0.29, 0.717) is 12.6 Å². The Kier molecular flexibility index (Phi) is 6.91. The van der Waals surface area contributed by atoms with Crippen LogP contribution in [0.5, 0.6) is 5.75 Å². The molecule has 6 heteroatoms. The molecule has 2 fully saturated rings. The van der Waals surface area contributed by atoms with Crippen LogP contribution in [-0.2, 0) is 0 Å². The Bertz CT molecular complexity index is 522. The van der Waals surface area contributed by atoms with Crippen molar-refractivity contribution in [3.63, 3.8) is 0 Å². The molecule has 2 heterocycles. The fourth-order valence-electron chi connectivity index (χ4n) is 3.84. The third-order valence-corrected chi connectivity index (χ3v) is 5.23. The van der Waals surface area contributed by atoms with Crippen molar-refractivity contribution < 1.29 is 4.74 Å². The summed E-state index contributed by atoms with van der Waals surface area (Å²) in [7, 11) is 1.82. The van der Waals surface area contributed by atoms with E-state index in [2.05, 4.69) is 25.5 Å². The molecule has 1 saturated carbocycles. The van der Waals surface area contributed by atoms with E-state index in [0.717, 1.165) is 24.3 Å². The molecule has 2 N–H and O–H groups in total. The van der Waals surface area contributed by atoms with Gasteiger partial charge in [-0.15, -0.1) is 0 Å². The number of aromatic nitrogens is 1. The zero-order valence-electron chi connectivity index (χ0n) is 15.3. The predicted octanol–water partition coefficient (Wildman–Crippen LogP) is 2.03. The van der Waals surface area contributed by atoms with Crippen LogP contribution in [0.25, 0.3) is 0 Å². The molecule has 1 aliphatic carbocycles. The largest absolute Gasteiger partial charge is 0.490 e. The van der Waals surface area contributed by atoms with E-state index in [-0.39, 0.29) is 0 Å². The highest BCUT2D eigenvalue weighted by molar-refractivity contribution is 5.79. The first-order valence-electron chi connectivity index (χ1n) is 9.59. The van der Waals surface area contributed by atoms with E-state index in [1.807, 2.05) is 19.2 Å². The van der Waals surface area contributed by atoms with Crippen LogP contribution in [0.3, 0.4) is 0 Å². The molecule has 138 valence electrons. The topological polar surface area (TPSA) is 61.8 Å². The van der Waals surface area contributed by atoms with E-state index in [1.54, 1.807) is 12.4 Å². The van der Waals surface area contributed by atoms with Crippen molar-refractivity contribution in [3.05, 3.63) is 24.5 Å². The second-order valence-corrected chi connectivity index (χ2v) is 6.93. The zero-order chi connectivity index (χ0) is 17.3. The third-order valence-electron chi connectivity index (χ3n) is 5.23. The van der Waals surface area contributed by atoms with Crippen LogP contribution in [-0.4, -0.2) is 61.2 Å². The van der Waals surface area contributed by atoms with Crippen LogP contribution < -0.4 is 15.4 Å². The van der Waals surface area contributed by atoms with Gasteiger partial charge in [0.2, 0.25) is 0 Å². The maximum Gasteiger partial charge on any atom is 0.191 e. The van der Waals surface area contributed by atoms with Gasteiger partial charge in [0, 0.05) is 38.4 Å². The van der Waals surface area contributed by atoms with Gasteiger partial charge >= 0.3 is 0 Å². The first-order valence-corrected chi connectivity index (χ1v) is 9.59. The lowest BCUT2D eigenvalue weighted by molar-refractivity contribution is 0.150. The summed E-state index contributed by atoms with van der Waals surface area (Å²) in [6.45, 7) is 3.73. The molecule has 0 bridgehead atoms. The molecule has 6 nitrogen and oxygen atoms in total. The third kappa shape index (κ3) is 5.59. The molecule has 0 amide bonds. The van der Waals surface area contributed by atoms with Crippen LogP contribution in [0, 0.1) is 0 Å². The van der Waals surface area contributed by atoms with E-state index in [4.69, 9.17) is 4.74 Å². The number of nitrogens with one attached hydrogen (secondary N) is 2. The Hall–Kier alpha value is -1.82. The lowest BCUT2D eigenvalue weighted by atomic mass is 10.0. The number of piperidine rings is 1. The van der Waals surface area contributed by atoms with E-state index in [1.165, 1.54) is 51.6 Å². The molecule has 0 atom stereocenters.